The predicted molar refractivity (Wildman–Crippen MR) is 44.4 cm³/mol. The van der Waals surface area contributed by atoms with Crippen LogP contribution in [0.25, 0.3) is 11.0 Å². The van der Waals surface area contributed by atoms with Gasteiger partial charge in [0.2, 0.25) is 0 Å². The molecule has 12 heavy (non-hydrogen) atoms. The summed E-state index contributed by atoms with van der Waals surface area (Å²) in [5.74, 6) is 0. The van der Waals surface area contributed by atoms with Crippen molar-refractivity contribution in [2.45, 2.75) is 0 Å². The first kappa shape index (κ1) is 7.31. The summed E-state index contributed by atoms with van der Waals surface area (Å²) in [4.78, 5) is 14.4. The first-order valence-corrected chi connectivity index (χ1v) is 3.67. The van der Waals surface area contributed by atoms with Gasteiger partial charge in [0, 0.05) is 5.39 Å². The molecule has 0 spiro atoms. The van der Waals surface area contributed by atoms with Crippen LogP contribution >= 0.6 is 11.6 Å². The Balaban J connectivity index is 2.91. The van der Waals surface area contributed by atoms with Crippen molar-refractivity contribution in [2.24, 2.45) is 0 Å². The monoisotopic (exact) mass is 181 g/mol. The highest BCUT2D eigenvalue weighted by molar-refractivity contribution is 6.33. The summed E-state index contributed by atoms with van der Waals surface area (Å²) in [5.41, 5.74) is 0.949. The number of furan rings is 1. The van der Waals surface area contributed by atoms with Crippen molar-refractivity contribution < 1.29 is 9.21 Å². The molecule has 2 rings (SSSR count). The Bertz CT molecular complexity index is 436. The molecule has 0 saturated carbocycles. The van der Waals surface area contributed by atoms with E-state index in [0.29, 0.717) is 22.8 Å². The second-order valence-electron chi connectivity index (χ2n) is 2.28. The number of carbonyl (C=O) groups excluding carboxylic acids is 1. The summed E-state index contributed by atoms with van der Waals surface area (Å²) < 4.78 is 5.04. The third kappa shape index (κ3) is 0.905. The zero-order chi connectivity index (χ0) is 8.55. The average Bonchev–Trinajstić information content (AvgIpc) is 2.52. The number of fused-ring (bicyclic) bond motifs is 1. The largest absolute Gasteiger partial charge is 0.463 e. The van der Waals surface area contributed by atoms with Crippen molar-refractivity contribution in [1.29, 1.82) is 0 Å². The molecule has 0 N–H and O–H groups in total. The van der Waals surface area contributed by atoms with E-state index in [9.17, 15) is 4.79 Å². The van der Waals surface area contributed by atoms with Crippen LogP contribution in [0.4, 0.5) is 0 Å². The van der Waals surface area contributed by atoms with E-state index < -0.39 is 0 Å². The number of hydrogen-bond donors (Lipinski definition) is 0. The molecule has 0 amide bonds. The number of rotatable bonds is 1. The van der Waals surface area contributed by atoms with E-state index in [1.165, 1.54) is 12.5 Å². The SMILES string of the molecule is O=Cc1c(Cl)ncc2occc12. The third-order valence-electron chi connectivity index (χ3n) is 1.62. The minimum Gasteiger partial charge on any atom is -0.463 e. The number of nitrogens with zero attached hydrogens (tertiary/aromatic N) is 1. The molecule has 2 aromatic rings. The summed E-state index contributed by atoms with van der Waals surface area (Å²) in [6.07, 6.45) is 3.66. The van der Waals surface area contributed by atoms with Crippen LogP contribution in [-0.2, 0) is 0 Å². The van der Waals surface area contributed by atoms with Crippen molar-refractivity contribution in [3.63, 3.8) is 0 Å². The second-order valence-corrected chi connectivity index (χ2v) is 2.64. The summed E-state index contributed by atoms with van der Waals surface area (Å²) in [6.45, 7) is 0. The molecular formula is C8H4ClNO2. The maximum absolute atomic E-state index is 10.6. The molecule has 0 atom stereocenters. The Labute approximate surface area is 73.0 Å². The van der Waals surface area contributed by atoms with E-state index in [1.54, 1.807) is 6.07 Å². The van der Waals surface area contributed by atoms with Crippen molar-refractivity contribution in [1.82, 2.24) is 4.98 Å². The van der Waals surface area contributed by atoms with Crippen molar-refractivity contribution in [2.75, 3.05) is 0 Å². The van der Waals surface area contributed by atoms with Crippen molar-refractivity contribution in [3.8, 4) is 0 Å². The molecule has 0 unspecified atom stereocenters. The molecule has 3 nitrogen and oxygen atoms in total. The first-order chi connectivity index (χ1) is 5.83. The molecule has 2 heterocycles. The van der Waals surface area contributed by atoms with Crippen LogP contribution in [0.1, 0.15) is 10.4 Å². The van der Waals surface area contributed by atoms with Crippen LogP contribution in [0.3, 0.4) is 0 Å². The Morgan fingerprint density at radius 3 is 3.17 bits per heavy atom. The van der Waals surface area contributed by atoms with Gasteiger partial charge >= 0.3 is 0 Å². The molecule has 0 aliphatic rings. The fraction of sp³-hybridized carbons (Fsp3) is 0. The van der Waals surface area contributed by atoms with Crippen molar-refractivity contribution >= 4 is 28.9 Å². The number of aromatic nitrogens is 1. The fourth-order valence-corrected chi connectivity index (χ4v) is 1.25. The number of aldehydes is 1. The van der Waals surface area contributed by atoms with Gasteiger partial charge in [-0.05, 0) is 6.07 Å². The van der Waals surface area contributed by atoms with Crippen LogP contribution in [0, 0.1) is 0 Å². The Morgan fingerprint density at radius 1 is 1.58 bits per heavy atom. The normalized spacial score (nSPS) is 10.4. The maximum Gasteiger partial charge on any atom is 0.153 e. The summed E-state index contributed by atoms with van der Waals surface area (Å²) in [6, 6.07) is 1.69. The number of hydrogen-bond acceptors (Lipinski definition) is 3. The fourth-order valence-electron chi connectivity index (χ4n) is 1.05. The Morgan fingerprint density at radius 2 is 2.42 bits per heavy atom. The van der Waals surface area contributed by atoms with Gasteiger partial charge in [-0.2, -0.15) is 0 Å². The predicted octanol–water partition coefficient (Wildman–Crippen LogP) is 2.29. The van der Waals surface area contributed by atoms with Gasteiger partial charge < -0.3 is 4.42 Å². The molecule has 4 heteroatoms. The quantitative estimate of drug-likeness (QED) is 0.501. The van der Waals surface area contributed by atoms with E-state index >= 15 is 0 Å². The van der Waals surface area contributed by atoms with Crippen LogP contribution in [0.5, 0.6) is 0 Å². The lowest BCUT2D eigenvalue weighted by atomic mass is 10.2. The Hall–Kier alpha value is -1.35. The number of pyridine rings is 1. The van der Waals surface area contributed by atoms with Gasteiger partial charge in [-0.25, -0.2) is 4.98 Å². The molecule has 0 aliphatic carbocycles. The Kier molecular flexibility index (Phi) is 1.59. The average molecular weight is 182 g/mol. The first-order valence-electron chi connectivity index (χ1n) is 3.30. The zero-order valence-electron chi connectivity index (χ0n) is 5.95. The zero-order valence-corrected chi connectivity index (χ0v) is 6.71. The van der Waals surface area contributed by atoms with Crippen molar-refractivity contribution in [3.05, 3.63) is 29.2 Å². The highest BCUT2D eigenvalue weighted by Gasteiger charge is 2.07. The van der Waals surface area contributed by atoms with Gasteiger partial charge in [0.15, 0.2) is 11.9 Å². The molecule has 0 fully saturated rings. The molecule has 0 bridgehead atoms. The second kappa shape index (κ2) is 2.60. The van der Waals surface area contributed by atoms with E-state index in [1.807, 2.05) is 0 Å². The standard InChI is InChI=1S/C8H4ClNO2/c9-8-6(4-11)5-1-2-12-7(5)3-10-8/h1-4H. The van der Waals surface area contributed by atoms with Crippen LogP contribution in [0.15, 0.2) is 22.9 Å². The van der Waals surface area contributed by atoms with Crippen LogP contribution in [0.2, 0.25) is 5.15 Å². The molecule has 0 aliphatic heterocycles. The minimum atomic E-state index is 0.207. The van der Waals surface area contributed by atoms with Crippen LogP contribution in [-0.4, -0.2) is 11.3 Å². The lowest BCUT2D eigenvalue weighted by Crippen LogP contribution is -1.85. The van der Waals surface area contributed by atoms with E-state index in [0.717, 1.165) is 0 Å². The molecule has 60 valence electrons. The van der Waals surface area contributed by atoms with Gasteiger partial charge in [-0.3, -0.25) is 4.79 Å². The molecule has 0 radical (unpaired) electrons. The van der Waals surface area contributed by atoms with Gasteiger partial charge in [0.05, 0.1) is 18.0 Å². The molecule has 0 saturated heterocycles. The highest BCUT2D eigenvalue weighted by atomic mass is 35.5. The lowest BCUT2D eigenvalue weighted by molar-refractivity contribution is 0.112. The maximum atomic E-state index is 10.6. The highest BCUT2D eigenvalue weighted by Crippen LogP contribution is 2.22. The molecule has 0 aromatic carbocycles. The summed E-state index contributed by atoms with van der Waals surface area (Å²) in [5, 5.41) is 0.906. The summed E-state index contributed by atoms with van der Waals surface area (Å²) in [7, 11) is 0. The number of halogens is 1. The van der Waals surface area contributed by atoms with Gasteiger partial charge in [0.25, 0.3) is 0 Å². The summed E-state index contributed by atoms with van der Waals surface area (Å²) >= 11 is 5.68. The topological polar surface area (TPSA) is 43.1 Å². The van der Waals surface area contributed by atoms with E-state index in [4.69, 9.17) is 16.0 Å². The van der Waals surface area contributed by atoms with E-state index in [-0.39, 0.29) is 5.15 Å². The van der Waals surface area contributed by atoms with Crippen LogP contribution < -0.4 is 0 Å². The van der Waals surface area contributed by atoms with Gasteiger partial charge in [0.1, 0.15) is 5.15 Å². The smallest absolute Gasteiger partial charge is 0.153 e. The third-order valence-corrected chi connectivity index (χ3v) is 1.92. The van der Waals surface area contributed by atoms with E-state index in [2.05, 4.69) is 4.98 Å². The number of carbonyl (C=O) groups is 1. The molecular weight excluding hydrogens is 178 g/mol. The van der Waals surface area contributed by atoms with Gasteiger partial charge in [-0.1, -0.05) is 11.6 Å². The van der Waals surface area contributed by atoms with Gasteiger partial charge in [-0.15, -0.1) is 0 Å². The minimum absolute atomic E-state index is 0.207. The lowest BCUT2D eigenvalue weighted by Gasteiger charge is -1.94. The molecule has 2 aromatic heterocycles.